The Balaban J connectivity index is 2.06. The van der Waals surface area contributed by atoms with Crippen molar-refractivity contribution < 1.29 is 14.7 Å². The van der Waals surface area contributed by atoms with Crippen molar-refractivity contribution in [3.8, 4) is 0 Å². The average Bonchev–Trinajstić information content (AvgIpc) is 2.78. The van der Waals surface area contributed by atoms with Gasteiger partial charge in [-0.1, -0.05) is 18.2 Å². The Morgan fingerprint density at radius 2 is 2.05 bits per heavy atom. The molecule has 19 heavy (non-hydrogen) atoms. The van der Waals surface area contributed by atoms with Gasteiger partial charge < -0.3 is 16.2 Å². The minimum atomic E-state index is -0.912. The Labute approximate surface area is 111 Å². The van der Waals surface area contributed by atoms with Crippen molar-refractivity contribution in [2.45, 2.75) is 31.7 Å². The third kappa shape index (κ3) is 3.54. The molecular weight excluding hydrogens is 244 g/mol. The van der Waals surface area contributed by atoms with Gasteiger partial charge in [0.1, 0.15) is 0 Å². The van der Waals surface area contributed by atoms with Gasteiger partial charge in [-0.15, -0.1) is 0 Å². The molecule has 0 saturated heterocycles. The van der Waals surface area contributed by atoms with Crippen LogP contribution in [0.3, 0.4) is 0 Å². The second kappa shape index (κ2) is 5.84. The van der Waals surface area contributed by atoms with Gasteiger partial charge in [-0.05, 0) is 30.9 Å². The molecule has 2 atom stereocenters. The highest BCUT2D eigenvalue weighted by atomic mass is 16.4. The van der Waals surface area contributed by atoms with Crippen LogP contribution in [0.4, 0.5) is 5.69 Å². The lowest BCUT2D eigenvalue weighted by Crippen LogP contribution is -2.23. The van der Waals surface area contributed by atoms with Crippen LogP contribution in [0.25, 0.3) is 0 Å². The number of hydrogen-bond donors (Lipinski definition) is 3. The number of nitrogens with two attached hydrogens (primary N) is 1. The molecule has 0 radical (unpaired) electrons. The number of hydrogen-bond acceptors (Lipinski definition) is 3. The zero-order valence-electron chi connectivity index (χ0n) is 10.6. The summed E-state index contributed by atoms with van der Waals surface area (Å²) in [6.45, 7) is 0. The normalized spacial score (nSPS) is 22.2. The first kappa shape index (κ1) is 13.5. The second-order valence-electron chi connectivity index (χ2n) is 4.99. The number of benzene rings is 1. The van der Waals surface area contributed by atoms with Gasteiger partial charge in [-0.2, -0.15) is 0 Å². The van der Waals surface area contributed by atoms with E-state index in [1.807, 2.05) is 0 Å². The molecule has 0 bridgehead atoms. The molecule has 1 aliphatic carbocycles. The van der Waals surface area contributed by atoms with Crippen LogP contribution in [0.15, 0.2) is 24.3 Å². The number of para-hydroxylation sites is 1. The van der Waals surface area contributed by atoms with Crippen molar-refractivity contribution in [3.63, 3.8) is 0 Å². The summed E-state index contributed by atoms with van der Waals surface area (Å²) in [6.07, 6.45) is 2.27. The fourth-order valence-electron chi connectivity index (χ4n) is 2.45. The SMILES string of the molecule is NC1CCC(C(=O)Nc2ccccc2CC(=O)O)C1. The van der Waals surface area contributed by atoms with Gasteiger partial charge in [-0.3, -0.25) is 9.59 Å². The summed E-state index contributed by atoms with van der Waals surface area (Å²) >= 11 is 0. The molecule has 102 valence electrons. The summed E-state index contributed by atoms with van der Waals surface area (Å²) in [7, 11) is 0. The summed E-state index contributed by atoms with van der Waals surface area (Å²) in [5, 5.41) is 11.7. The van der Waals surface area contributed by atoms with E-state index in [4.69, 9.17) is 10.8 Å². The summed E-state index contributed by atoms with van der Waals surface area (Å²) in [6, 6.07) is 7.08. The molecule has 0 aromatic heterocycles. The Kier molecular flexibility index (Phi) is 4.16. The predicted molar refractivity (Wildman–Crippen MR) is 71.7 cm³/mol. The van der Waals surface area contributed by atoms with E-state index in [0.717, 1.165) is 12.8 Å². The van der Waals surface area contributed by atoms with E-state index in [9.17, 15) is 9.59 Å². The van der Waals surface area contributed by atoms with Gasteiger partial charge in [-0.25, -0.2) is 0 Å². The van der Waals surface area contributed by atoms with E-state index in [1.54, 1.807) is 24.3 Å². The number of carbonyl (C=O) groups is 2. The number of carbonyl (C=O) groups excluding carboxylic acids is 1. The smallest absolute Gasteiger partial charge is 0.307 e. The molecule has 1 fully saturated rings. The number of anilines is 1. The molecule has 1 aromatic carbocycles. The van der Waals surface area contributed by atoms with E-state index in [-0.39, 0.29) is 24.3 Å². The third-order valence-corrected chi connectivity index (χ3v) is 3.46. The lowest BCUT2D eigenvalue weighted by atomic mass is 10.1. The molecule has 2 rings (SSSR count). The summed E-state index contributed by atoms with van der Waals surface area (Å²) < 4.78 is 0. The van der Waals surface area contributed by atoms with Gasteiger partial charge >= 0.3 is 5.97 Å². The number of carboxylic acid groups (broad SMARTS) is 1. The maximum absolute atomic E-state index is 12.1. The molecule has 1 aromatic rings. The van der Waals surface area contributed by atoms with Crippen molar-refractivity contribution >= 4 is 17.6 Å². The van der Waals surface area contributed by atoms with Crippen LogP contribution in [0.2, 0.25) is 0 Å². The van der Waals surface area contributed by atoms with Crippen LogP contribution in [0.1, 0.15) is 24.8 Å². The molecule has 4 N–H and O–H groups in total. The fourth-order valence-corrected chi connectivity index (χ4v) is 2.45. The molecule has 0 aliphatic heterocycles. The van der Waals surface area contributed by atoms with Gasteiger partial charge in [0.05, 0.1) is 6.42 Å². The Morgan fingerprint density at radius 3 is 2.68 bits per heavy atom. The third-order valence-electron chi connectivity index (χ3n) is 3.46. The van der Waals surface area contributed by atoms with E-state index in [2.05, 4.69) is 5.32 Å². The van der Waals surface area contributed by atoms with Crippen LogP contribution >= 0.6 is 0 Å². The maximum Gasteiger partial charge on any atom is 0.307 e. The average molecular weight is 262 g/mol. The van der Waals surface area contributed by atoms with E-state index >= 15 is 0 Å². The van der Waals surface area contributed by atoms with Crippen LogP contribution in [0, 0.1) is 5.92 Å². The largest absolute Gasteiger partial charge is 0.481 e. The standard InChI is InChI=1S/C14H18N2O3/c15-11-6-5-10(7-11)14(19)16-12-4-2-1-3-9(12)8-13(17)18/h1-4,10-11H,5-8,15H2,(H,16,19)(H,17,18). The molecule has 0 heterocycles. The van der Waals surface area contributed by atoms with Crippen molar-refractivity contribution in [1.29, 1.82) is 0 Å². The molecule has 2 unspecified atom stereocenters. The highest BCUT2D eigenvalue weighted by Crippen LogP contribution is 2.26. The number of carboxylic acids is 1. The fraction of sp³-hybridized carbons (Fsp3) is 0.429. The monoisotopic (exact) mass is 262 g/mol. The second-order valence-corrected chi connectivity index (χ2v) is 4.99. The topological polar surface area (TPSA) is 92.4 Å². The van der Waals surface area contributed by atoms with E-state index < -0.39 is 5.97 Å². The van der Waals surface area contributed by atoms with E-state index in [0.29, 0.717) is 17.7 Å². The van der Waals surface area contributed by atoms with Crippen LogP contribution in [-0.4, -0.2) is 23.0 Å². The molecule has 5 heteroatoms. The molecule has 1 aliphatic rings. The lowest BCUT2D eigenvalue weighted by Gasteiger charge is -2.13. The predicted octanol–water partition coefficient (Wildman–Crippen LogP) is 1.38. The molecular formula is C14H18N2O3. The maximum atomic E-state index is 12.1. The Hall–Kier alpha value is -1.88. The van der Waals surface area contributed by atoms with Gasteiger partial charge in [0.2, 0.25) is 5.91 Å². The first-order chi connectivity index (χ1) is 9.06. The Bertz CT molecular complexity index is 487. The first-order valence-corrected chi connectivity index (χ1v) is 6.42. The molecule has 1 amide bonds. The number of nitrogens with one attached hydrogen (secondary N) is 1. The van der Waals surface area contributed by atoms with Crippen LogP contribution in [0.5, 0.6) is 0 Å². The van der Waals surface area contributed by atoms with Crippen molar-refractivity contribution in [1.82, 2.24) is 0 Å². The summed E-state index contributed by atoms with van der Waals surface area (Å²) in [5.74, 6) is -1.04. The highest BCUT2D eigenvalue weighted by molar-refractivity contribution is 5.94. The van der Waals surface area contributed by atoms with Crippen molar-refractivity contribution in [3.05, 3.63) is 29.8 Å². The lowest BCUT2D eigenvalue weighted by molar-refractivity contribution is -0.136. The molecule has 5 nitrogen and oxygen atoms in total. The van der Waals surface area contributed by atoms with Crippen LogP contribution in [-0.2, 0) is 16.0 Å². The number of aliphatic carboxylic acids is 1. The van der Waals surface area contributed by atoms with Gasteiger partial charge in [0.15, 0.2) is 0 Å². The van der Waals surface area contributed by atoms with Crippen molar-refractivity contribution in [2.24, 2.45) is 11.7 Å². The molecule has 0 spiro atoms. The zero-order chi connectivity index (χ0) is 13.8. The number of rotatable bonds is 4. The molecule has 1 saturated carbocycles. The number of amides is 1. The van der Waals surface area contributed by atoms with Crippen LogP contribution < -0.4 is 11.1 Å². The summed E-state index contributed by atoms with van der Waals surface area (Å²) in [5.41, 5.74) is 6.99. The first-order valence-electron chi connectivity index (χ1n) is 6.42. The van der Waals surface area contributed by atoms with Crippen molar-refractivity contribution in [2.75, 3.05) is 5.32 Å². The Morgan fingerprint density at radius 1 is 1.32 bits per heavy atom. The minimum absolute atomic E-state index is 0.0621. The minimum Gasteiger partial charge on any atom is -0.481 e. The van der Waals surface area contributed by atoms with Gasteiger partial charge in [0.25, 0.3) is 0 Å². The quantitative estimate of drug-likeness (QED) is 0.764. The highest BCUT2D eigenvalue weighted by Gasteiger charge is 2.28. The van der Waals surface area contributed by atoms with Gasteiger partial charge in [0, 0.05) is 17.6 Å². The van der Waals surface area contributed by atoms with E-state index in [1.165, 1.54) is 0 Å². The zero-order valence-corrected chi connectivity index (χ0v) is 10.6. The summed E-state index contributed by atoms with van der Waals surface area (Å²) in [4.78, 5) is 22.9.